The molecule has 0 saturated heterocycles. The van der Waals surface area contributed by atoms with E-state index in [1.807, 2.05) is 55.4 Å². The number of para-hydroxylation sites is 4. The summed E-state index contributed by atoms with van der Waals surface area (Å²) in [5.74, 6) is 0. The lowest BCUT2D eigenvalue weighted by Gasteiger charge is -2.01. The van der Waals surface area contributed by atoms with Crippen LogP contribution in [0.25, 0.3) is 43.6 Å². The zero-order valence-corrected chi connectivity index (χ0v) is 33.3. The number of hydrogen-bond acceptors (Lipinski definition) is 0. The number of halogens is 2. The molecule has 0 N–H and O–H groups in total. The summed E-state index contributed by atoms with van der Waals surface area (Å²) in [6.45, 7) is 26.7. The Labute approximate surface area is 302 Å². The van der Waals surface area contributed by atoms with E-state index in [1.165, 1.54) is 50.0 Å². The molecule has 0 aliphatic heterocycles. The van der Waals surface area contributed by atoms with Gasteiger partial charge in [0.1, 0.15) is 0 Å². The van der Waals surface area contributed by atoms with Crippen molar-refractivity contribution in [1.82, 2.24) is 9.13 Å². The quantitative estimate of drug-likeness (QED) is 0.154. The molecule has 6 aromatic rings. The van der Waals surface area contributed by atoms with Crippen LogP contribution >= 0.6 is 37.2 Å². The van der Waals surface area contributed by atoms with E-state index in [4.69, 9.17) is 0 Å². The molecule has 0 aliphatic rings. The lowest BCUT2D eigenvalue weighted by atomic mass is 10.2. The summed E-state index contributed by atoms with van der Waals surface area (Å²) in [4.78, 5) is 0. The van der Waals surface area contributed by atoms with Crippen LogP contribution in [-0.4, -0.2) is 9.13 Å². The Hall–Kier alpha value is -2.06. The average molecular weight is 841 g/mol. The number of nitrogens with zero attached hydrogens (tertiary/aromatic N) is 2. The molecule has 4 aromatic carbocycles. The van der Waals surface area contributed by atoms with Gasteiger partial charge in [-0.1, -0.05) is 163 Å². The highest BCUT2D eigenvalue weighted by Crippen LogP contribution is 2.29. The van der Waals surface area contributed by atoms with Crippen LogP contribution in [0.15, 0.2) is 97.1 Å². The summed E-state index contributed by atoms with van der Waals surface area (Å²) in [5, 5.41) is 5.43. The minimum absolute atomic E-state index is 0. The van der Waals surface area contributed by atoms with Gasteiger partial charge in [0.15, 0.2) is 0 Å². The standard InChI is InChI=1S/2C14H13N.C3H8.4C2H6.2CH4.I2/c2*1-2-15-13-9-5-3-7-11(13)12-8-4-6-10-14(12)15;1-3-2;4*1-2;;;1-2/h2*3-10H,2H2,1H3;3H2,1-2H3;4*1-2H3;2*1H4;. The van der Waals surface area contributed by atoms with E-state index in [1.54, 1.807) is 0 Å². The summed E-state index contributed by atoms with van der Waals surface area (Å²) < 4.78 is 4.73. The number of fused-ring (bicyclic) bond motifs is 6. The highest BCUT2D eigenvalue weighted by atomic mass is 128. The summed E-state index contributed by atoms with van der Waals surface area (Å²) >= 11 is 4.24. The molecule has 0 radical (unpaired) electrons. The van der Waals surface area contributed by atoms with Gasteiger partial charge >= 0.3 is 0 Å². The highest BCUT2D eigenvalue weighted by molar-refractivity contribution is 15.0. The van der Waals surface area contributed by atoms with Crippen molar-refractivity contribution in [3.8, 4) is 0 Å². The molecule has 45 heavy (non-hydrogen) atoms. The second kappa shape index (κ2) is 31.9. The monoisotopic (exact) mass is 840 g/mol. The van der Waals surface area contributed by atoms with Gasteiger partial charge in [-0.15, -0.1) is 0 Å². The molecular weight excluding hydrogens is 774 g/mol. The van der Waals surface area contributed by atoms with Crippen LogP contribution in [0.4, 0.5) is 0 Å². The predicted molar refractivity (Wildman–Crippen MR) is 233 cm³/mol. The molecule has 0 bridgehead atoms. The zero-order chi connectivity index (χ0) is 33.2. The maximum absolute atomic E-state index is 2.37. The van der Waals surface area contributed by atoms with E-state index in [-0.39, 0.29) is 14.9 Å². The topological polar surface area (TPSA) is 9.86 Å². The lowest BCUT2D eigenvalue weighted by Crippen LogP contribution is -1.91. The van der Waals surface area contributed by atoms with Gasteiger partial charge in [-0.3, -0.25) is 0 Å². The fraction of sp³-hybridized carbons (Fsp3) is 0.415. The zero-order valence-electron chi connectivity index (χ0n) is 29.0. The fourth-order valence-corrected chi connectivity index (χ4v) is 4.69. The Kier molecular flexibility index (Phi) is 35.3. The maximum atomic E-state index is 2.37. The molecule has 0 unspecified atom stereocenters. The number of rotatable bonds is 2. The summed E-state index contributed by atoms with van der Waals surface area (Å²) in [6, 6.07) is 34.4. The molecule has 2 heterocycles. The second-order valence-electron chi connectivity index (χ2n) is 8.26. The smallest absolute Gasteiger partial charge is 0.0491 e. The Morgan fingerprint density at radius 1 is 0.378 bits per heavy atom. The number of benzene rings is 4. The number of aryl methyl sites for hydroxylation is 2. The molecule has 254 valence electrons. The van der Waals surface area contributed by atoms with Crippen LogP contribution in [-0.2, 0) is 13.1 Å². The lowest BCUT2D eigenvalue weighted by molar-refractivity contribution is 0.827. The molecule has 0 fully saturated rings. The third-order valence-corrected chi connectivity index (χ3v) is 5.99. The third kappa shape index (κ3) is 13.7. The summed E-state index contributed by atoms with van der Waals surface area (Å²) in [7, 11) is 0. The first-order chi connectivity index (χ1) is 21.2. The van der Waals surface area contributed by atoms with E-state index in [0.29, 0.717) is 0 Å². The first-order valence-electron chi connectivity index (χ1n) is 16.3. The van der Waals surface area contributed by atoms with Gasteiger partial charge in [-0.2, -0.15) is 0 Å². The highest BCUT2D eigenvalue weighted by Gasteiger charge is 2.08. The molecule has 0 spiro atoms. The molecule has 0 aliphatic carbocycles. The van der Waals surface area contributed by atoms with Crippen molar-refractivity contribution in [1.29, 1.82) is 0 Å². The summed E-state index contributed by atoms with van der Waals surface area (Å²) in [6.07, 6.45) is 1.25. The van der Waals surface area contributed by atoms with Crippen molar-refractivity contribution in [3.05, 3.63) is 97.1 Å². The molecule has 0 saturated carbocycles. The molecule has 0 atom stereocenters. The minimum atomic E-state index is 0. The fourth-order valence-electron chi connectivity index (χ4n) is 4.69. The van der Waals surface area contributed by atoms with Gasteiger partial charge in [0.2, 0.25) is 0 Å². The van der Waals surface area contributed by atoms with Gasteiger partial charge in [0.05, 0.1) is 0 Å². The minimum Gasteiger partial charge on any atom is -0.341 e. The van der Waals surface area contributed by atoms with Crippen LogP contribution in [0.5, 0.6) is 0 Å². The van der Waals surface area contributed by atoms with Crippen molar-refractivity contribution >= 4 is 80.8 Å². The normalized spacial score (nSPS) is 8.58. The Morgan fingerprint density at radius 2 is 0.533 bits per heavy atom. The van der Waals surface area contributed by atoms with E-state index < -0.39 is 0 Å². The molecule has 4 heteroatoms. The van der Waals surface area contributed by atoms with Gasteiger partial charge < -0.3 is 9.13 Å². The van der Waals surface area contributed by atoms with Crippen molar-refractivity contribution in [2.45, 2.75) is 117 Å². The largest absolute Gasteiger partial charge is 0.341 e. The van der Waals surface area contributed by atoms with Crippen molar-refractivity contribution in [3.63, 3.8) is 0 Å². The van der Waals surface area contributed by atoms with Crippen molar-refractivity contribution in [2.75, 3.05) is 0 Å². The van der Waals surface area contributed by atoms with E-state index in [2.05, 4.69) is 171 Å². The van der Waals surface area contributed by atoms with Crippen molar-refractivity contribution in [2.24, 2.45) is 0 Å². The first kappa shape index (κ1) is 49.8. The van der Waals surface area contributed by atoms with Crippen LogP contribution in [0.1, 0.15) is 104 Å². The Balaban J connectivity index is -0.000000266. The van der Waals surface area contributed by atoms with Gasteiger partial charge in [0, 0.05) is 93.9 Å². The molecule has 6 rings (SSSR count). The van der Waals surface area contributed by atoms with E-state index in [0.717, 1.165) is 13.1 Å². The molecular formula is C41H66I2N2. The molecule has 2 aromatic heterocycles. The van der Waals surface area contributed by atoms with Gasteiger partial charge in [-0.05, 0) is 38.1 Å². The average Bonchev–Trinajstić information content (AvgIpc) is 3.62. The van der Waals surface area contributed by atoms with E-state index in [9.17, 15) is 0 Å². The van der Waals surface area contributed by atoms with Crippen LogP contribution < -0.4 is 0 Å². The third-order valence-electron chi connectivity index (χ3n) is 5.99. The summed E-state index contributed by atoms with van der Waals surface area (Å²) in [5.41, 5.74) is 5.34. The first-order valence-corrected chi connectivity index (χ1v) is 22.6. The second-order valence-corrected chi connectivity index (χ2v) is 8.26. The maximum Gasteiger partial charge on any atom is 0.0491 e. The van der Waals surface area contributed by atoms with Gasteiger partial charge in [0.25, 0.3) is 0 Å². The molecule has 0 amide bonds. The van der Waals surface area contributed by atoms with Crippen molar-refractivity contribution < 1.29 is 0 Å². The predicted octanol–water partition coefficient (Wildman–Crippen LogP) is 16.2. The van der Waals surface area contributed by atoms with Gasteiger partial charge in [-0.25, -0.2) is 0 Å². The van der Waals surface area contributed by atoms with Crippen LogP contribution in [0.3, 0.4) is 0 Å². The van der Waals surface area contributed by atoms with E-state index >= 15 is 0 Å². The number of aromatic nitrogens is 2. The number of hydrogen-bond donors (Lipinski definition) is 0. The Morgan fingerprint density at radius 3 is 0.689 bits per heavy atom. The van der Waals surface area contributed by atoms with Crippen LogP contribution in [0, 0.1) is 0 Å². The van der Waals surface area contributed by atoms with Crippen LogP contribution in [0.2, 0.25) is 0 Å². The SMILES string of the molecule is C.C.CC.CC.CC.CC.CCC.CCn1c2ccccc2c2ccccc21.CCn1c2ccccc2c2ccccc21.II. The molecule has 2 nitrogen and oxygen atoms in total. The Bertz CT molecular complexity index is 1280.